The number of carbonyl (C=O) groups excluding carboxylic acids is 1. The molecule has 0 heterocycles. The Morgan fingerprint density at radius 2 is 1.93 bits per heavy atom. The lowest BCUT2D eigenvalue weighted by molar-refractivity contribution is -0.115. The Balaban J connectivity index is 2.25. The molecule has 2 N–H and O–H groups in total. The number of rotatable bonds is 5. The molecule has 1 rings (SSSR count). The second kappa shape index (κ2) is 6.19. The summed E-state index contributed by atoms with van der Waals surface area (Å²) in [6, 6.07) is 9.47. The molecule has 82 valence electrons. The zero-order valence-corrected chi connectivity index (χ0v) is 9.29. The molecule has 0 aliphatic carbocycles. The van der Waals surface area contributed by atoms with Crippen LogP contribution in [0.5, 0.6) is 0 Å². The van der Waals surface area contributed by atoms with Crippen molar-refractivity contribution in [2.24, 2.45) is 5.92 Å². The second-order valence-electron chi connectivity index (χ2n) is 3.94. The van der Waals surface area contributed by atoms with E-state index in [1.807, 2.05) is 30.3 Å². The largest absolute Gasteiger partial charge is 0.325 e. The van der Waals surface area contributed by atoms with Gasteiger partial charge in [-0.2, -0.15) is 0 Å². The fourth-order valence-electron chi connectivity index (χ4n) is 1.20. The van der Waals surface area contributed by atoms with Crippen molar-refractivity contribution in [3.8, 4) is 0 Å². The number of hydrogen-bond acceptors (Lipinski definition) is 2. The molecular weight excluding hydrogens is 188 g/mol. The molecule has 0 aliphatic rings. The van der Waals surface area contributed by atoms with Crippen LogP contribution in [-0.2, 0) is 4.79 Å². The molecule has 0 unspecified atom stereocenters. The minimum Gasteiger partial charge on any atom is -0.325 e. The number of nitrogens with one attached hydrogen (secondary N) is 2. The Kier molecular flexibility index (Phi) is 4.84. The lowest BCUT2D eigenvalue weighted by Crippen LogP contribution is -2.30. The van der Waals surface area contributed by atoms with Crippen LogP contribution in [0, 0.1) is 5.92 Å². The van der Waals surface area contributed by atoms with Gasteiger partial charge in [0, 0.05) is 5.69 Å². The van der Waals surface area contributed by atoms with Gasteiger partial charge in [-0.15, -0.1) is 0 Å². The number of hydrogen-bond donors (Lipinski definition) is 2. The first-order valence-corrected chi connectivity index (χ1v) is 5.24. The monoisotopic (exact) mass is 206 g/mol. The van der Waals surface area contributed by atoms with Crippen LogP contribution in [0.2, 0.25) is 0 Å². The summed E-state index contributed by atoms with van der Waals surface area (Å²) in [6.07, 6.45) is 0. The molecule has 0 radical (unpaired) electrons. The molecule has 15 heavy (non-hydrogen) atoms. The minimum absolute atomic E-state index is 0.00171. The van der Waals surface area contributed by atoms with Gasteiger partial charge in [0.25, 0.3) is 0 Å². The van der Waals surface area contributed by atoms with Crippen LogP contribution < -0.4 is 10.6 Å². The van der Waals surface area contributed by atoms with E-state index in [0.29, 0.717) is 12.5 Å². The van der Waals surface area contributed by atoms with Crippen LogP contribution in [0.25, 0.3) is 0 Å². The summed E-state index contributed by atoms with van der Waals surface area (Å²) in [7, 11) is 0. The molecule has 1 aromatic carbocycles. The number of anilines is 1. The van der Waals surface area contributed by atoms with E-state index in [-0.39, 0.29) is 5.91 Å². The van der Waals surface area contributed by atoms with Crippen LogP contribution in [-0.4, -0.2) is 19.0 Å². The SMILES string of the molecule is CC(C)CNCC(=O)Nc1ccccc1. The maximum absolute atomic E-state index is 11.4. The predicted molar refractivity (Wildman–Crippen MR) is 62.8 cm³/mol. The molecule has 0 saturated carbocycles. The molecule has 0 fully saturated rings. The van der Waals surface area contributed by atoms with Gasteiger partial charge < -0.3 is 10.6 Å². The molecule has 0 saturated heterocycles. The van der Waals surface area contributed by atoms with Crippen molar-refractivity contribution in [2.45, 2.75) is 13.8 Å². The summed E-state index contributed by atoms with van der Waals surface area (Å²) in [5.41, 5.74) is 0.842. The molecule has 3 heteroatoms. The summed E-state index contributed by atoms with van der Waals surface area (Å²) in [5, 5.41) is 5.91. The Labute approximate surface area is 90.9 Å². The summed E-state index contributed by atoms with van der Waals surface area (Å²) in [6.45, 7) is 5.46. The van der Waals surface area contributed by atoms with Crippen LogP contribution in [0.1, 0.15) is 13.8 Å². The van der Waals surface area contributed by atoms with Gasteiger partial charge in [-0.05, 0) is 24.6 Å². The molecule has 0 bridgehead atoms. The highest BCUT2D eigenvalue weighted by Gasteiger charge is 2.01. The highest BCUT2D eigenvalue weighted by Crippen LogP contribution is 2.03. The first kappa shape index (κ1) is 11.7. The maximum atomic E-state index is 11.4. The second-order valence-corrected chi connectivity index (χ2v) is 3.94. The molecule has 0 aliphatic heterocycles. The third-order valence-electron chi connectivity index (χ3n) is 1.90. The molecule has 1 amide bonds. The highest BCUT2D eigenvalue weighted by molar-refractivity contribution is 5.92. The van der Waals surface area contributed by atoms with E-state index in [1.165, 1.54) is 0 Å². The number of carbonyl (C=O) groups is 1. The van der Waals surface area contributed by atoms with Gasteiger partial charge in [-0.3, -0.25) is 4.79 Å². The van der Waals surface area contributed by atoms with Crippen LogP contribution in [0.4, 0.5) is 5.69 Å². The molecule has 1 aromatic rings. The summed E-state index contributed by atoms with van der Waals surface area (Å²) in [5.74, 6) is 0.566. The van der Waals surface area contributed by atoms with E-state index in [4.69, 9.17) is 0 Å². The fraction of sp³-hybridized carbons (Fsp3) is 0.417. The molecular formula is C12H18N2O. The van der Waals surface area contributed by atoms with E-state index < -0.39 is 0 Å². The quantitative estimate of drug-likeness (QED) is 0.772. The van der Waals surface area contributed by atoms with Crippen LogP contribution in [0.15, 0.2) is 30.3 Å². The van der Waals surface area contributed by atoms with E-state index >= 15 is 0 Å². The normalized spacial score (nSPS) is 10.3. The van der Waals surface area contributed by atoms with E-state index in [2.05, 4.69) is 24.5 Å². The van der Waals surface area contributed by atoms with Crippen molar-refractivity contribution < 1.29 is 4.79 Å². The number of benzene rings is 1. The van der Waals surface area contributed by atoms with Crippen LogP contribution >= 0.6 is 0 Å². The van der Waals surface area contributed by atoms with Crippen molar-refractivity contribution in [1.29, 1.82) is 0 Å². The molecule has 3 nitrogen and oxygen atoms in total. The van der Waals surface area contributed by atoms with Gasteiger partial charge in [0.15, 0.2) is 0 Å². The smallest absolute Gasteiger partial charge is 0.238 e. The maximum Gasteiger partial charge on any atom is 0.238 e. The molecule has 0 aromatic heterocycles. The third kappa shape index (κ3) is 5.18. The molecule has 0 atom stereocenters. The van der Waals surface area contributed by atoms with Gasteiger partial charge in [0.2, 0.25) is 5.91 Å². The van der Waals surface area contributed by atoms with E-state index in [1.54, 1.807) is 0 Å². The lowest BCUT2D eigenvalue weighted by Gasteiger charge is -2.08. The average Bonchev–Trinajstić information content (AvgIpc) is 2.18. The lowest BCUT2D eigenvalue weighted by atomic mass is 10.2. The summed E-state index contributed by atoms with van der Waals surface area (Å²) in [4.78, 5) is 11.4. The van der Waals surface area contributed by atoms with Crippen molar-refractivity contribution >= 4 is 11.6 Å². The van der Waals surface area contributed by atoms with E-state index in [0.717, 1.165) is 12.2 Å². The predicted octanol–water partition coefficient (Wildman–Crippen LogP) is 1.87. The van der Waals surface area contributed by atoms with Crippen LogP contribution in [0.3, 0.4) is 0 Å². The van der Waals surface area contributed by atoms with Gasteiger partial charge >= 0.3 is 0 Å². The number of para-hydroxylation sites is 1. The summed E-state index contributed by atoms with van der Waals surface area (Å²) >= 11 is 0. The van der Waals surface area contributed by atoms with E-state index in [9.17, 15) is 4.79 Å². The zero-order chi connectivity index (χ0) is 11.1. The Morgan fingerprint density at radius 3 is 2.53 bits per heavy atom. The third-order valence-corrected chi connectivity index (χ3v) is 1.90. The topological polar surface area (TPSA) is 41.1 Å². The van der Waals surface area contributed by atoms with Gasteiger partial charge in [0.1, 0.15) is 0 Å². The Bertz CT molecular complexity index is 296. The first-order valence-electron chi connectivity index (χ1n) is 5.24. The van der Waals surface area contributed by atoms with Gasteiger partial charge in [-0.1, -0.05) is 32.0 Å². The van der Waals surface area contributed by atoms with Gasteiger partial charge in [0.05, 0.1) is 6.54 Å². The van der Waals surface area contributed by atoms with Crippen molar-refractivity contribution in [3.05, 3.63) is 30.3 Å². The average molecular weight is 206 g/mol. The van der Waals surface area contributed by atoms with Crippen molar-refractivity contribution in [1.82, 2.24) is 5.32 Å². The van der Waals surface area contributed by atoms with Crippen molar-refractivity contribution in [2.75, 3.05) is 18.4 Å². The first-order chi connectivity index (χ1) is 7.18. The minimum atomic E-state index is 0.00171. The standard InChI is InChI=1S/C12H18N2O/c1-10(2)8-13-9-12(15)14-11-6-4-3-5-7-11/h3-7,10,13H,8-9H2,1-2H3,(H,14,15). The summed E-state index contributed by atoms with van der Waals surface area (Å²) < 4.78 is 0. The Hall–Kier alpha value is -1.35. The Morgan fingerprint density at radius 1 is 1.27 bits per heavy atom. The highest BCUT2D eigenvalue weighted by atomic mass is 16.1. The molecule has 0 spiro atoms. The number of amides is 1. The zero-order valence-electron chi connectivity index (χ0n) is 9.29. The van der Waals surface area contributed by atoms with Crippen molar-refractivity contribution in [3.63, 3.8) is 0 Å². The van der Waals surface area contributed by atoms with Gasteiger partial charge in [-0.25, -0.2) is 0 Å². The fourth-order valence-corrected chi connectivity index (χ4v) is 1.20.